The van der Waals surface area contributed by atoms with Gasteiger partial charge in [0, 0.05) is 0 Å². The monoisotopic (exact) mass is 160 g/mol. The summed E-state index contributed by atoms with van der Waals surface area (Å²) in [5.74, 6) is 0. The van der Waals surface area contributed by atoms with Crippen LogP contribution in [0.3, 0.4) is 0 Å². The maximum Gasteiger partial charge on any atom is 0.176 e. The molecule has 0 saturated carbocycles. The van der Waals surface area contributed by atoms with Crippen molar-refractivity contribution in [3.05, 3.63) is 35.4 Å². The van der Waals surface area contributed by atoms with Gasteiger partial charge in [0.25, 0.3) is 0 Å². The lowest BCUT2D eigenvalue weighted by Gasteiger charge is -2.04. The van der Waals surface area contributed by atoms with Gasteiger partial charge >= 0.3 is 0 Å². The number of hydrogen-bond donors (Lipinski definition) is 1. The molecule has 1 N–H and O–H groups in total. The summed E-state index contributed by atoms with van der Waals surface area (Å²) in [6.45, 7) is 2.76. The Bertz CT molecular complexity index is 286. The summed E-state index contributed by atoms with van der Waals surface area (Å²) in [6, 6.07) is 8.15. The van der Waals surface area contributed by atoms with Crippen LogP contribution < -0.4 is 5.32 Å². The molecule has 2 heteroatoms. The summed E-state index contributed by atoms with van der Waals surface area (Å²) in [5.41, 5.74) is 2.52. The first-order valence-electron chi connectivity index (χ1n) is 4.07. The zero-order valence-corrected chi connectivity index (χ0v) is 7.17. The third kappa shape index (κ3) is 2.00. The molecular formula is C10H12N2. The molecule has 0 aromatic heterocycles. The minimum absolute atomic E-state index is 0.639. The molecule has 1 aromatic rings. The Morgan fingerprint density at radius 2 is 2.00 bits per heavy atom. The first-order valence-corrected chi connectivity index (χ1v) is 4.07. The minimum atomic E-state index is 0.639. The summed E-state index contributed by atoms with van der Waals surface area (Å²) in [4.78, 5) is 0. The number of hydrogen-bond acceptors (Lipinski definition) is 2. The van der Waals surface area contributed by atoms with Crippen LogP contribution in [0.25, 0.3) is 0 Å². The van der Waals surface area contributed by atoms with Crippen molar-refractivity contribution in [1.29, 1.82) is 5.26 Å². The fraction of sp³-hybridized carbons (Fsp3) is 0.300. The molecule has 0 aliphatic heterocycles. The third-order valence-electron chi connectivity index (χ3n) is 1.86. The molecule has 0 aliphatic rings. The van der Waals surface area contributed by atoms with E-state index in [1.807, 2.05) is 24.4 Å². The molecule has 0 fully saturated rings. The second-order valence-electron chi connectivity index (χ2n) is 2.59. The largest absolute Gasteiger partial charge is 0.319 e. The van der Waals surface area contributed by atoms with E-state index in [1.54, 1.807) is 0 Å². The van der Waals surface area contributed by atoms with E-state index in [9.17, 15) is 0 Å². The highest BCUT2D eigenvalue weighted by atomic mass is 14.8. The predicted molar refractivity (Wildman–Crippen MR) is 48.3 cm³/mol. The standard InChI is InChI=1S/C10H12N2/c1-2-9-5-3-4-6-10(9)7-12-8-11/h3-6,12H,2,7H2,1H3. The molecule has 0 radical (unpaired) electrons. The average molecular weight is 160 g/mol. The Labute approximate surface area is 72.8 Å². The highest BCUT2D eigenvalue weighted by Gasteiger charge is 1.96. The number of benzene rings is 1. The number of nitrogens with one attached hydrogen (secondary N) is 1. The molecule has 0 aliphatic carbocycles. The second kappa shape index (κ2) is 4.40. The van der Waals surface area contributed by atoms with E-state index in [2.05, 4.69) is 18.3 Å². The summed E-state index contributed by atoms with van der Waals surface area (Å²) in [6.07, 6.45) is 2.93. The maximum absolute atomic E-state index is 8.33. The second-order valence-corrected chi connectivity index (χ2v) is 2.59. The van der Waals surface area contributed by atoms with Crippen molar-refractivity contribution in [1.82, 2.24) is 5.32 Å². The van der Waals surface area contributed by atoms with Crippen LogP contribution in [0.5, 0.6) is 0 Å². The van der Waals surface area contributed by atoms with Crippen LogP contribution in [0.1, 0.15) is 18.1 Å². The van der Waals surface area contributed by atoms with Crippen molar-refractivity contribution in [2.24, 2.45) is 0 Å². The van der Waals surface area contributed by atoms with E-state index >= 15 is 0 Å². The lowest BCUT2D eigenvalue weighted by Crippen LogP contribution is -2.06. The summed E-state index contributed by atoms with van der Waals surface area (Å²) < 4.78 is 0. The highest BCUT2D eigenvalue weighted by Crippen LogP contribution is 2.08. The van der Waals surface area contributed by atoms with Crippen LogP contribution in [-0.4, -0.2) is 0 Å². The summed E-state index contributed by atoms with van der Waals surface area (Å²) in [7, 11) is 0. The molecular weight excluding hydrogens is 148 g/mol. The Morgan fingerprint density at radius 1 is 1.33 bits per heavy atom. The van der Waals surface area contributed by atoms with Gasteiger partial charge < -0.3 is 5.32 Å². The topological polar surface area (TPSA) is 35.8 Å². The van der Waals surface area contributed by atoms with Crippen LogP contribution >= 0.6 is 0 Å². The Balaban J connectivity index is 2.76. The Morgan fingerprint density at radius 3 is 2.58 bits per heavy atom. The Kier molecular flexibility index (Phi) is 3.16. The van der Waals surface area contributed by atoms with Gasteiger partial charge in [-0.3, -0.25) is 0 Å². The first kappa shape index (κ1) is 8.61. The number of nitriles is 1. The zero-order chi connectivity index (χ0) is 8.81. The molecule has 2 nitrogen and oxygen atoms in total. The smallest absolute Gasteiger partial charge is 0.176 e. The lowest BCUT2D eigenvalue weighted by atomic mass is 10.1. The van der Waals surface area contributed by atoms with E-state index < -0.39 is 0 Å². The molecule has 0 unspecified atom stereocenters. The van der Waals surface area contributed by atoms with Crippen molar-refractivity contribution in [2.75, 3.05) is 0 Å². The van der Waals surface area contributed by atoms with E-state index in [-0.39, 0.29) is 0 Å². The molecule has 0 atom stereocenters. The molecule has 0 spiro atoms. The van der Waals surface area contributed by atoms with Crippen molar-refractivity contribution >= 4 is 0 Å². The molecule has 1 aromatic carbocycles. The fourth-order valence-electron chi connectivity index (χ4n) is 1.21. The van der Waals surface area contributed by atoms with Crippen molar-refractivity contribution < 1.29 is 0 Å². The van der Waals surface area contributed by atoms with Crippen molar-refractivity contribution in [2.45, 2.75) is 19.9 Å². The van der Waals surface area contributed by atoms with Gasteiger partial charge in [0.1, 0.15) is 0 Å². The van der Waals surface area contributed by atoms with E-state index in [0.717, 1.165) is 6.42 Å². The van der Waals surface area contributed by atoms with Gasteiger partial charge in [0.2, 0.25) is 0 Å². The van der Waals surface area contributed by atoms with Crippen LogP contribution in [0.2, 0.25) is 0 Å². The van der Waals surface area contributed by atoms with Gasteiger partial charge in [-0.2, -0.15) is 5.26 Å². The molecule has 1 rings (SSSR count). The molecule has 0 amide bonds. The number of aryl methyl sites for hydroxylation is 1. The SMILES string of the molecule is CCc1ccccc1CNC#N. The number of rotatable bonds is 3. The van der Waals surface area contributed by atoms with E-state index in [4.69, 9.17) is 5.26 Å². The number of nitrogens with zero attached hydrogens (tertiary/aromatic N) is 1. The summed E-state index contributed by atoms with van der Waals surface area (Å²) >= 11 is 0. The van der Waals surface area contributed by atoms with Gasteiger partial charge in [-0.05, 0) is 17.5 Å². The normalized spacial score (nSPS) is 9.00. The molecule has 0 saturated heterocycles. The highest BCUT2D eigenvalue weighted by molar-refractivity contribution is 5.26. The van der Waals surface area contributed by atoms with Crippen LogP contribution in [0.4, 0.5) is 0 Å². The molecule has 0 heterocycles. The lowest BCUT2D eigenvalue weighted by molar-refractivity contribution is 0.865. The fourth-order valence-corrected chi connectivity index (χ4v) is 1.21. The molecule has 12 heavy (non-hydrogen) atoms. The van der Waals surface area contributed by atoms with E-state index in [1.165, 1.54) is 11.1 Å². The maximum atomic E-state index is 8.33. The average Bonchev–Trinajstić information content (AvgIpc) is 2.15. The first-order chi connectivity index (χ1) is 5.88. The van der Waals surface area contributed by atoms with Crippen LogP contribution in [0, 0.1) is 11.5 Å². The Hall–Kier alpha value is -1.49. The van der Waals surface area contributed by atoms with Gasteiger partial charge in [-0.1, -0.05) is 31.2 Å². The van der Waals surface area contributed by atoms with Crippen molar-refractivity contribution in [3.8, 4) is 6.19 Å². The van der Waals surface area contributed by atoms with Gasteiger partial charge in [0.15, 0.2) is 6.19 Å². The summed E-state index contributed by atoms with van der Waals surface area (Å²) in [5, 5.41) is 11.0. The van der Waals surface area contributed by atoms with Gasteiger partial charge in [-0.15, -0.1) is 0 Å². The molecule has 62 valence electrons. The third-order valence-corrected chi connectivity index (χ3v) is 1.86. The quantitative estimate of drug-likeness (QED) is 0.540. The van der Waals surface area contributed by atoms with Gasteiger partial charge in [0.05, 0.1) is 6.54 Å². The zero-order valence-electron chi connectivity index (χ0n) is 7.17. The van der Waals surface area contributed by atoms with E-state index in [0.29, 0.717) is 6.54 Å². The van der Waals surface area contributed by atoms with Gasteiger partial charge in [-0.25, -0.2) is 0 Å². The van der Waals surface area contributed by atoms with Crippen LogP contribution in [0.15, 0.2) is 24.3 Å². The van der Waals surface area contributed by atoms with Crippen LogP contribution in [-0.2, 0) is 13.0 Å². The molecule has 0 bridgehead atoms. The predicted octanol–water partition coefficient (Wildman–Crippen LogP) is 1.82. The van der Waals surface area contributed by atoms with Crippen molar-refractivity contribution in [3.63, 3.8) is 0 Å². The minimum Gasteiger partial charge on any atom is -0.319 e.